The number of rotatable bonds is 9. The Kier molecular flexibility index (Phi) is 8.42. The van der Waals surface area contributed by atoms with Crippen molar-refractivity contribution in [2.75, 3.05) is 18.6 Å². The molecule has 3 aliphatic rings. The van der Waals surface area contributed by atoms with Crippen LogP contribution in [0.2, 0.25) is 0 Å². The predicted molar refractivity (Wildman–Crippen MR) is 156 cm³/mol. The van der Waals surface area contributed by atoms with E-state index in [2.05, 4.69) is 22.5 Å². The Morgan fingerprint density at radius 2 is 2.03 bits per heavy atom. The molecular formula is C28H39N5O3S2. The Bertz CT molecular complexity index is 1230. The first-order valence-electron chi connectivity index (χ1n) is 13.3. The zero-order valence-electron chi connectivity index (χ0n) is 23.1. The Labute approximate surface area is 233 Å². The van der Waals surface area contributed by atoms with Crippen molar-refractivity contribution >= 4 is 52.0 Å². The second kappa shape index (κ2) is 11.3. The van der Waals surface area contributed by atoms with E-state index >= 15 is 0 Å². The minimum Gasteiger partial charge on any atom is -0.369 e. The molecule has 2 atom stereocenters. The minimum atomic E-state index is -0.292. The molecule has 8 nitrogen and oxygen atoms in total. The van der Waals surface area contributed by atoms with Crippen molar-refractivity contribution in [3.63, 3.8) is 0 Å². The second-order valence-electron chi connectivity index (χ2n) is 11.1. The number of Topliss-reactive ketones (excluding diaryl/α,β-unsaturated/α-hetero) is 1. The van der Waals surface area contributed by atoms with E-state index in [-0.39, 0.29) is 41.1 Å². The predicted octanol–water partition coefficient (Wildman–Crippen LogP) is 3.99. The number of aliphatic imine (C=N–C) groups is 1. The van der Waals surface area contributed by atoms with Crippen molar-refractivity contribution in [2.24, 2.45) is 22.6 Å². The summed E-state index contributed by atoms with van der Waals surface area (Å²) in [6, 6.07) is 0. The number of nitrogens with one attached hydrogen (secondary N) is 2. The molecule has 10 heteroatoms. The molecule has 1 unspecified atom stereocenters. The number of hydrogen-bond acceptors (Lipinski definition) is 8. The summed E-state index contributed by atoms with van der Waals surface area (Å²) in [4.78, 5) is 46.1. The first kappa shape index (κ1) is 28.4. The average Bonchev–Trinajstić information content (AvgIpc) is 3.23. The molecule has 0 aromatic carbocycles. The number of thiophene rings is 1. The summed E-state index contributed by atoms with van der Waals surface area (Å²) in [5, 5.41) is 7.60. The molecule has 0 saturated carbocycles. The van der Waals surface area contributed by atoms with Crippen LogP contribution in [0.3, 0.4) is 0 Å². The molecule has 1 fully saturated rings. The maximum absolute atomic E-state index is 13.5. The number of amides is 2. The molecule has 0 spiro atoms. The van der Waals surface area contributed by atoms with Gasteiger partial charge >= 0.3 is 0 Å². The zero-order valence-corrected chi connectivity index (χ0v) is 24.8. The lowest BCUT2D eigenvalue weighted by Crippen LogP contribution is -2.55. The smallest absolute Gasteiger partial charge is 0.247 e. The molecule has 1 saturated heterocycles. The lowest BCUT2D eigenvalue weighted by Gasteiger charge is -2.38. The maximum Gasteiger partial charge on any atom is 0.247 e. The van der Waals surface area contributed by atoms with Gasteiger partial charge in [-0.05, 0) is 56.7 Å². The summed E-state index contributed by atoms with van der Waals surface area (Å²) in [5.74, 6) is 1.09. The van der Waals surface area contributed by atoms with Crippen LogP contribution in [-0.2, 0) is 27.2 Å². The van der Waals surface area contributed by atoms with Gasteiger partial charge in [-0.2, -0.15) is 11.8 Å². The first-order valence-corrected chi connectivity index (χ1v) is 15.2. The van der Waals surface area contributed by atoms with Crippen molar-refractivity contribution in [3.8, 4) is 0 Å². The number of nitrogens with zero attached hydrogens (tertiary/aromatic N) is 2. The van der Waals surface area contributed by atoms with Crippen LogP contribution in [0, 0.1) is 11.8 Å². The van der Waals surface area contributed by atoms with Crippen molar-refractivity contribution in [1.82, 2.24) is 15.5 Å². The average molecular weight is 558 g/mol. The van der Waals surface area contributed by atoms with Gasteiger partial charge in [0.05, 0.1) is 17.6 Å². The Morgan fingerprint density at radius 3 is 2.61 bits per heavy atom. The zero-order chi connectivity index (χ0) is 27.8. The number of nitrogens with two attached hydrogens (primary N) is 1. The summed E-state index contributed by atoms with van der Waals surface area (Å²) in [6.45, 7) is 9.67. The van der Waals surface area contributed by atoms with Gasteiger partial charge in [0.1, 0.15) is 11.2 Å². The molecule has 2 amide bonds. The second-order valence-corrected chi connectivity index (χ2v) is 13.2. The van der Waals surface area contributed by atoms with Gasteiger partial charge < -0.3 is 21.3 Å². The molecule has 38 heavy (non-hydrogen) atoms. The highest BCUT2D eigenvalue weighted by molar-refractivity contribution is 8.00. The highest BCUT2D eigenvalue weighted by atomic mass is 32.2. The fraction of sp³-hybridized carbons (Fsp3) is 0.571. The van der Waals surface area contributed by atoms with E-state index in [0.717, 1.165) is 38.9 Å². The molecule has 0 radical (unpaired) electrons. The number of ketones is 1. The number of carbonyl (C=O) groups is 3. The molecule has 1 aromatic rings. The summed E-state index contributed by atoms with van der Waals surface area (Å²) >= 11 is 3.43. The summed E-state index contributed by atoms with van der Waals surface area (Å²) in [5.41, 5.74) is 9.65. The van der Waals surface area contributed by atoms with Gasteiger partial charge in [0.15, 0.2) is 5.78 Å². The molecular weight excluding hydrogens is 518 g/mol. The standard InChI is InChI=1S/C28H39N5O3S2/c1-7-17(16(4)26(36)32-28(5)12-37-13-28)10-20(23(34)15(2)3)31-25-22-19-9-8-18(24(29)35)11-21(19)38-27(22)30-14-33(25)6/h10,14-15,18,25,31H,7-9,11-13H2,1-6H3,(H2,29,35)(H,32,36)/b17-16+,20-10+/t18-,25?/m0/s1. The third-order valence-corrected chi connectivity index (χ3v) is 10.4. The molecule has 4 N–H and O–H groups in total. The minimum absolute atomic E-state index is 0.0122. The van der Waals surface area contributed by atoms with Gasteiger partial charge in [0.2, 0.25) is 11.8 Å². The first-order chi connectivity index (χ1) is 17.9. The Balaban J connectivity index is 1.68. The van der Waals surface area contributed by atoms with Crippen LogP contribution < -0.4 is 16.4 Å². The van der Waals surface area contributed by atoms with Crippen LogP contribution >= 0.6 is 23.1 Å². The fourth-order valence-corrected chi connectivity index (χ4v) is 7.35. The number of allylic oxidation sites excluding steroid dienone is 3. The van der Waals surface area contributed by atoms with Gasteiger partial charge in [-0.1, -0.05) is 20.8 Å². The van der Waals surface area contributed by atoms with Gasteiger partial charge in [0.25, 0.3) is 0 Å². The van der Waals surface area contributed by atoms with Crippen LogP contribution in [-0.4, -0.2) is 52.9 Å². The molecule has 206 valence electrons. The van der Waals surface area contributed by atoms with Crippen molar-refractivity contribution < 1.29 is 14.4 Å². The van der Waals surface area contributed by atoms with E-state index in [1.54, 1.807) is 17.7 Å². The maximum atomic E-state index is 13.5. The van der Waals surface area contributed by atoms with E-state index in [1.807, 2.05) is 57.5 Å². The fourth-order valence-electron chi connectivity index (χ4n) is 5.09. The third kappa shape index (κ3) is 5.71. The molecule has 4 rings (SSSR count). The van der Waals surface area contributed by atoms with Crippen molar-refractivity contribution in [3.05, 3.63) is 38.9 Å². The Morgan fingerprint density at radius 1 is 1.32 bits per heavy atom. The van der Waals surface area contributed by atoms with Gasteiger partial charge in [-0.15, -0.1) is 11.3 Å². The SMILES string of the molecule is CCC(/C=C(/NC1c2c(sc3c2CC[C@H](C(N)=O)C3)N=CN1C)C(=O)C(C)C)=C(/C)C(=O)NC1(C)CSC1. The number of hydrogen-bond donors (Lipinski definition) is 3. The number of fused-ring (bicyclic) bond motifs is 3. The number of carbonyl (C=O) groups excluding carboxylic acids is 3. The molecule has 1 aliphatic carbocycles. The molecule has 0 bridgehead atoms. The van der Waals surface area contributed by atoms with Crippen LogP contribution in [0.15, 0.2) is 27.9 Å². The Hall–Kier alpha value is -2.59. The number of thioether (sulfide) groups is 1. The van der Waals surface area contributed by atoms with Crippen LogP contribution in [0.4, 0.5) is 5.00 Å². The van der Waals surface area contributed by atoms with Gasteiger partial charge in [0, 0.05) is 46.4 Å². The van der Waals surface area contributed by atoms with Crippen molar-refractivity contribution in [1.29, 1.82) is 0 Å². The van der Waals surface area contributed by atoms with E-state index < -0.39 is 0 Å². The van der Waals surface area contributed by atoms with Crippen molar-refractivity contribution in [2.45, 2.75) is 72.0 Å². The number of primary amides is 1. The highest BCUT2D eigenvalue weighted by Crippen LogP contribution is 2.46. The summed E-state index contributed by atoms with van der Waals surface area (Å²) in [7, 11) is 1.94. The van der Waals surface area contributed by atoms with E-state index in [0.29, 0.717) is 30.5 Å². The molecule has 1 aromatic heterocycles. The topological polar surface area (TPSA) is 117 Å². The third-order valence-electron chi connectivity index (χ3n) is 7.59. The van der Waals surface area contributed by atoms with Crippen LogP contribution in [0.1, 0.15) is 69.6 Å². The van der Waals surface area contributed by atoms with Crippen LogP contribution in [0.25, 0.3) is 0 Å². The molecule has 2 aliphatic heterocycles. The van der Waals surface area contributed by atoms with E-state index in [9.17, 15) is 14.4 Å². The van der Waals surface area contributed by atoms with Gasteiger partial charge in [-0.25, -0.2) is 4.99 Å². The lowest BCUT2D eigenvalue weighted by atomic mass is 9.86. The quantitative estimate of drug-likeness (QED) is 0.312. The highest BCUT2D eigenvalue weighted by Gasteiger charge is 2.36. The largest absolute Gasteiger partial charge is 0.369 e. The van der Waals surface area contributed by atoms with Crippen LogP contribution in [0.5, 0.6) is 0 Å². The normalized spacial score (nSPS) is 22.7. The van der Waals surface area contributed by atoms with Gasteiger partial charge in [-0.3, -0.25) is 14.4 Å². The molecule has 3 heterocycles. The summed E-state index contributed by atoms with van der Waals surface area (Å²) < 4.78 is 0. The van der Waals surface area contributed by atoms with E-state index in [4.69, 9.17) is 5.73 Å². The van der Waals surface area contributed by atoms with E-state index in [1.165, 1.54) is 5.56 Å². The lowest BCUT2D eigenvalue weighted by molar-refractivity contribution is -0.122. The summed E-state index contributed by atoms with van der Waals surface area (Å²) in [6.07, 6.45) is 6.07. The monoisotopic (exact) mass is 557 g/mol.